The Morgan fingerprint density at radius 1 is 1.09 bits per heavy atom. The molecule has 5 nitrogen and oxygen atoms in total. The molecule has 1 saturated heterocycles. The van der Waals surface area contributed by atoms with Gasteiger partial charge in [-0.05, 0) is 22.4 Å². The van der Waals surface area contributed by atoms with Crippen molar-refractivity contribution >= 4 is 28.4 Å². The Labute approximate surface area is 191 Å². The number of allylic oxidation sites excluding steroid dienone is 1. The molecule has 6 heteroatoms. The van der Waals surface area contributed by atoms with Gasteiger partial charge in [-0.3, -0.25) is 14.6 Å². The first-order chi connectivity index (χ1) is 15.7. The van der Waals surface area contributed by atoms with Crippen molar-refractivity contribution in [3.63, 3.8) is 0 Å². The highest BCUT2D eigenvalue weighted by molar-refractivity contribution is 8.03. The summed E-state index contributed by atoms with van der Waals surface area (Å²) in [6.45, 7) is 1.27. The molecule has 0 N–H and O–H groups in total. The summed E-state index contributed by atoms with van der Waals surface area (Å²) in [5.41, 5.74) is 2.79. The Morgan fingerprint density at radius 3 is 2.66 bits per heavy atom. The molecule has 5 rings (SSSR count). The fourth-order valence-corrected chi connectivity index (χ4v) is 5.75. The van der Waals surface area contributed by atoms with Gasteiger partial charge in [0.1, 0.15) is 5.75 Å². The lowest BCUT2D eigenvalue weighted by molar-refractivity contribution is -0.131. The summed E-state index contributed by atoms with van der Waals surface area (Å²) < 4.78 is 5.68. The number of thioether (sulfide) groups is 1. The minimum absolute atomic E-state index is 0.0456. The average Bonchev–Trinajstić information content (AvgIpc) is 2.84. The number of amides is 1. The van der Waals surface area contributed by atoms with Gasteiger partial charge in [0.05, 0.1) is 36.3 Å². The molecule has 1 atom stereocenters. The van der Waals surface area contributed by atoms with Gasteiger partial charge in [0.15, 0.2) is 0 Å². The molecule has 0 aliphatic carbocycles. The predicted molar refractivity (Wildman–Crippen MR) is 127 cm³/mol. The molecule has 0 bridgehead atoms. The number of nitriles is 1. The molecular formula is C26H23N3O2S. The lowest BCUT2D eigenvalue weighted by atomic mass is 9.83. The molecule has 3 aromatic rings. The van der Waals surface area contributed by atoms with Crippen molar-refractivity contribution < 1.29 is 9.53 Å². The summed E-state index contributed by atoms with van der Waals surface area (Å²) in [4.78, 5) is 17.3. The number of ether oxygens (including phenoxy) is 1. The Kier molecular flexibility index (Phi) is 5.60. The Morgan fingerprint density at radius 2 is 1.88 bits per heavy atom. The van der Waals surface area contributed by atoms with E-state index < -0.39 is 0 Å². The van der Waals surface area contributed by atoms with E-state index in [1.165, 1.54) is 5.56 Å². The fourth-order valence-electron chi connectivity index (χ4n) is 4.61. The summed E-state index contributed by atoms with van der Waals surface area (Å²) in [7, 11) is 1.64. The number of carbonyl (C=O) groups excluding carboxylic acids is 1. The van der Waals surface area contributed by atoms with E-state index in [0.29, 0.717) is 12.2 Å². The number of benzene rings is 3. The molecule has 0 saturated carbocycles. The maximum Gasteiger partial charge on any atom is 0.229 e. The molecule has 2 aliphatic rings. The number of nitrogens with zero attached hydrogens (tertiary/aromatic N) is 3. The highest BCUT2D eigenvalue weighted by Gasteiger charge is 2.39. The molecule has 1 amide bonds. The number of fused-ring (bicyclic) bond motifs is 2. The predicted octanol–water partition coefficient (Wildman–Crippen LogP) is 5.06. The molecule has 160 valence electrons. The summed E-state index contributed by atoms with van der Waals surface area (Å²) in [6.07, 6.45) is 0.260. The van der Waals surface area contributed by atoms with Gasteiger partial charge in [0.25, 0.3) is 0 Å². The van der Waals surface area contributed by atoms with Gasteiger partial charge in [-0.25, -0.2) is 0 Å². The van der Waals surface area contributed by atoms with Crippen molar-refractivity contribution in [2.75, 3.05) is 19.7 Å². The molecule has 0 aromatic heterocycles. The van der Waals surface area contributed by atoms with Crippen molar-refractivity contribution in [1.29, 1.82) is 5.26 Å². The molecule has 0 radical (unpaired) electrons. The maximum atomic E-state index is 13.3. The Hall–Kier alpha value is -3.27. The second kappa shape index (κ2) is 8.70. The zero-order valence-electron chi connectivity index (χ0n) is 17.8. The van der Waals surface area contributed by atoms with Gasteiger partial charge < -0.3 is 4.74 Å². The van der Waals surface area contributed by atoms with Crippen LogP contribution in [0.5, 0.6) is 5.75 Å². The second-order valence-electron chi connectivity index (χ2n) is 8.04. The van der Waals surface area contributed by atoms with Crippen LogP contribution >= 0.6 is 11.8 Å². The van der Waals surface area contributed by atoms with Crippen LogP contribution in [0.3, 0.4) is 0 Å². The SMILES string of the molecule is COc1ccc2ccccc2c1C1CC(=O)N2CN(Cc3ccccc3)CSC2=C1C#N. The standard InChI is InChI=1S/C26H23N3O2S/c1-31-23-12-11-19-9-5-6-10-20(19)25(23)21-13-24(30)29-16-28(15-18-7-3-2-4-8-18)17-32-26(29)22(21)14-27/h2-12,21H,13,15-17H2,1H3. The highest BCUT2D eigenvalue weighted by Crippen LogP contribution is 2.46. The van der Waals surface area contributed by atoms with Crippen LogP contribution in [0.15, 0.2) is 77.3 Å². The van der Waals surface area contributed by atoms with Crippen LogP contribution in [-0.2, 0) is 11.3 Å². The zero-order valence-corrected chi connectivity index (χ0v) is 18.6. The first-order valence-corrected chi connectivity index (χ1v) is 11.6. The van der Waals surface area contributed by atoms with Crippen LogP contribution in [0.4, 0.5) is 0 Å². The van der Waals surface area contributed by atoms with Gasteiger partial charge in [-0.15, -0.1) is 0 Å². The van der Waals surface area contributed by atoms with E-state index in [0.717, 1.165) is 39.5 Å². The van der Waals surface area contributed by atoms with Crippen molar-refractivity contribution in [2.45, 2.75) is 18.9 Å². The maximum absolute atomic E-state index is 13.3. The van der Waals surface area contributed by atoms with Crippen LogP contribution < -0.4 is 4.74 Å². The van der Waals surface area contributed by atoms with E-state index in [4.69, 9.17) is 4.74 Å². The normalized spacial score (nSPS) is 19.1. The smallest absolute Gasteiger partial charge is 0.229 e. The summed E-state index contributed by atoms with van der Waals surface area (Å²) in [5, 5.41) is 13.1. The topological polar surface area (TPSA) is 56.6 Å². The molecule has 2 aliphatic heterocycles. The minimum Gasteiger partial charge on any atom is -0.496 e. The number of carbonyl (C=O) groups is 1. The third kappa shape index (κ3) is 3.64. The number of methoxy groups -OCH3 is 1. The van der Waals surface area contributed by atoms with E-state index in [-0.39, 0.29) is 18.2 Å². The van der Waals surface area contributed by atoms with Crippen molar-refractivity contribution in [3.8, 4) is 11.8 Å². The third-order valence-corrected chi connectivity index (χ3v) is 7.31. The Bertz CT molecular complexity index is 1250. The van der Waals surface area contributed by atoms with Crippen LogP contribution in [0.1, 0.15) is 23.5 Å². The van der Waals surface area contributed by atoms with Crippen molar-refractivity contribution in [3.05, 3.63) is 88.5 Å². The lowest BCUT2D eigenvalue weighted by Gasteiger charge is -2.41. The van der Waals surface area contributed by atoms with E-state index in [9.17, 15) is 10.1 Å². The first kappa shape index (κ1) is 20.6. The van der Waals surface area contributed by atoms with Gasteiger partial charge >= 0.3 is 0 Å². The summed E-state index contributed by atoms with van der Waals surface area (Å²) in [5.74, 6) is 1.19. The van der Waals surface area contributed by atoms with Gasteiger partial charge in [-0.2, -0.15) is 5.26 Å². The van der Waals surface area contributed by atoms with Crippen LogP contribution in [0.25, 0.3) is 10.8 Å². The van der Waals surface area contributed by atoms with E-state index in [1.807, 2.05) is 54.6 Å². The minimum atomic E-state index is -0.312. The molecule has 3 aromatic carbocycles. The quantitative estimate of drug-likeness (QED) is 0.566. The van der Waals surface area contributed by atoms with E-state index >= 15 is 0 Å². The van der Waals surface area contributed by atoms with E-state index in [1.54, 1.807) is 23.8 Å². The molecule has 1 unspecified atom stereocenters. The summed E-state index contributed by atoms with van der Waals surface area (Å²) in [6, 6.07) is 24.7. The van der Waals surface area contributed by atoms with Gasteiger partial charge in [0, 0.05) is 24.4 Å². The Balaban J connectivity index is 1.53. The first-order valence-electron chi connectivity index (χ1n) is 10.6. The second-order valence-corrected chi connectivity index (χ2v) is 8.97. The number of rotatable bonds is 4. The van der Waals surface area contributed by atoms with Crippen molar-refractivity contribution in [1.82, 2.24) is 9.80 Å². The molecule has 2 heterocycles. The molecule has 1 fully saturated rings. The van der Waals surface area contributed by atoms with Crippen molar-refractivity contribution in [2.24, 2.45) is 0 Å². The van der Waals surface area contributed by atoms with Crippen LogP contribution in [-0.4, -0.2) is 35.4 Å². The van der Waals surface area contributed by atoms with Gasteiger partial charge in [-0.1, -0.05) is 72.4 Å². The third-order valence-electron chi connectivity index (χ3n) is 6.10. The number of hydrogen-bond donors (Lipinski definition) is 0. The van der Waals surface area contributed by atoms with E-state index in [2.05, 4.69) is 23.1 Å². The molecule has 0 spiro atoms. The summed E-state index contributed by atoms with van der Waals surface area (Å²) >= 11 is 1.58. The molecular weight excluding hydrogens is 418 g/mol. The number of hydrogen-bond acceptors (Lipinski definition) is 5. The largest absolute Gasteiger partial charge is 0.496 e. The van der Waals surface area contributed by atoms with Gasteiger partial charge in [0.2, 0.25) is 5.91 Å². The zero-order chi connectivity index (χ0) is 22.1. The highest BCUT2D eigenvalue weighted by atomic mass is 32.2. The fraction of sp³-hybridized carbons (Fsp3) is 0.231. The lowest BCUT2D eigenvalue weighted by Crippen LogP contribution is -2.46. The molecule has 32 heavy (non-hydrogen) atoms. The monoisotopic (exact) mass is 441 g/mol. The average molecular weight is 442 g/mol. The van der Waals surface area contributed by atoms with Crippen LogP contribution in [0, 0.1) is 11.3 Å². The van der Waals surface area contributed by atoms with Crippen LogP contribution in [0.2, 0.25) is 0 Å².